The van der Waals surface area contributed by atoms with Crippen molar-refractivity contribution in [3.8, 4) is 0 Å². The SMILES string of the molecule is O=C(NCCCN1CCC(O)CC1)N1CCN(Cc2ccc(F)cc2)CC1. The quantitative estimate of drug-likeness (QED) is 0.737. The predicted molar refractivity (Wildman–Crippen MR) is 103 cm³/mol. The van der Waals surface area contributed by atoms with Crippen LogP contribution in [0.25, 0.3) is 0 Å². The third-order valence-corrected chi connectivity index (χ3v) is 5.46. The van der Waals surface area contributed by atoms with Gasteiger partial charge in [0.1, 0.15) is 5.82 Å². The lowest BCUT2D eigenvalue weighted by Crippen LogP contribution is -2.51. The Hall–Kier alpha value is -1.70. The van der Waals surface area contributed by atoms with Gasteiger partial charge in [0.15, 0.2) is 0 Å². The predicted octanol–water partition coefficient (Wildman–Crippen LogP) is 1.50. The molecule has 0 saturated carbocycles. The van der Waals surface area contributed by atoms with Gasteiger partial charge in [-0.25, -0.2) is 9.18 Å². The van der Waals surface area contributed by atoms with E-state index >= 15 is 0 Å². The van der Waals surface area contributed by atoms with E-state index in [9.17, 15) is 14.3 Å². The summed E-state index contributed by atoms with van der Waals surface area (Å²) < 4.78 is 13.0. The van der Waals surface area contributed by atoms with E-state index < -0.39 is 0 Å². The lowest BCUT2D eigenvalue weighted by Gasteiger charge is -2.34. The highest BCUT2D eigenvalue weighted by Crippen LogP contribution is 2.11. The maximum absolute atomic E-state index is 13.0. The number of aliphatic hydroxyl groups is 1. The molecule has 27 heavy (non-hydrogen) atoms. The zero-order valence-corrected chi connectivity index (χ0v) is 15.9. The van der Waals surface area contributed by atoms with Crippen LogP contribution in [0.15, 0.2) is 24.3 Å². The number of amides is 2. The zero-order valence-electron chi connectivity index (χ0n) is 15.9. The Morgan fingerprint density at radius 2 is 1.70 bits per heavy atom. The van der Waals surface area contributed by atoms with Crippen molar-refractivity contribution < 1.29 is 14.3 Å². The monoisotopic (exact) mass is 378 g/mol. The van der Waals surface area contributed by atoms with Crippen LogP contribution in [-0.2, 0) is 6.54 Å². The minimum Gasteiger partial charge on any atom is -0.393 e. The molecule has 3 rings (SSSR count). The lowest BCUT2D eigenvalue weighted by molar-refractivity contribution is 0.0820. The van der Waals surface area contributed by atoms with Crippen LogP contribution in [0.1, 0.15) is 24.8 Å². The Bertz CT molecular complexity index is 582. The van der Waals surface area contributed by atoms with Crippen LogP contribution in [-0.4, -0.2) is 84.3 Å². The third-order valence-electron chi connectivity index (χ3n) is 5.46. The molecular formula is C20H31FN4O2. The Morgan fingerprint density at radius 3 is 2.37 bits per heavy atom. The number of aliphatic hydroxyl groups excluding tert-OH is 1. The van der Waals surface area contributed by atoms with Gasteiger partial charge >= 0.3 is 6.03 Å². The molecule has 0 aromatic heterocycles. The van der Waals surface area contributed by atoms with Crippen molar-refractivity contribution in [1.29, 1.82) is 0 Å². The average Bonchev–Trinajstić information content (AvgIpc) is 2.69. The zero-order chi connectivity index (χ0) is 19.1. The molecule has 0 radical (unpaired) electrons. The number of hydrogen-bond donors (Lipinski definition) is 2. The number of rotatable bonds is 6. The smallest absolute Gasteiger partial charge is 0.317 e. The topological polar surface area (TPSA) is 59.1 Å². The minimum absolute atomic E-state index is 0.0190. The molecule has 2 aliphatic heterocycles. The molecule has 7 heteroatoms. The molecule has 2 N–H and O–H groups in total. The summed E-state index contributed by atoms with van der Waals surface area (Å²) in [7, 11) is 0. The summed E-state index contributed by atoms with van der Waals surface area (Å²) in [4.78, 5) is 18.8. The van der Waals surface area contributed by atoms with E-state index in [0.29, 0.717) is 6.54 Å². The number of piperazine rings is 1. The van der Waals surface area contributed by atoms with Gasteiger partial charge in [-0.05, 0) is 43.5 Å². The molecule has 0 unspecified atom stereocenters. The highest BCUT2D eigenvalue weighted by molar-refractivity contribution is 5.74. The van der Waals surface area contributed by atoms with Crippen LogP contribution >= 0.6 is 0 Å². The van der Waals surface area contributed by atoms with Gasteiger partial charge in [-0.3, -0.25) is 4.90 Å². The van der Waals surface area contributed by atoms with Crippen molar-refractivity contribution in [3.05, 3.63) is 35.6 Å². The summed E-state index contributed by atoms with van der Waals surface area (Å²) in [5.41, 5.74) is 1.10. The number of likely N-dealkylation sites (tertiary alicyclic amines) is 1. The number of urea groups is 1. The van der Waals surface area contributed by atoms with Gasteiger partial charge in [-0.1, -0.05) is 12.1 Å². The van der Waals surface area contributed by atoms with Crippen LogP contribution in [0, 0.1) is 5.82 Å². The van der Waals surface area contributed by atoms with Crippen LogP contribution in [0.3, 0.4) is 0 Å². The molecule has 150 valence electrons. The van der Waals surface area contributed by atoms with Crippen LogP contribution in [0.2, 0.25) is 0 Å². The highest BCUT2D eigenvalue weighted by Gasteiger charge is 2.21. The standard InChI is InChI=1S/C20H31FN4O2/c21-18-4-2-17(3-5-18)16-24-12-14-25(15-13-24)20(27)22-8-1-9-23-10-6-19(26)7-11-23/h2-5,19,26H,1,6-16H2,(H,22,27). The van der Waals surface area contributed by atoms with Gasteiger partial charge in [-0.15, -0.1) is 0 Å². The number of halogens is 1. The second-order valence-electron chi connectivity index (χ2n) is 7.55. The van der Waals surface area contributed by atoms with Gasteiger partial charge < -0.3 is 20.2 Å². The number of nitrogens with one attached hydrogen (secondary N) is 1. The van der Waals surface area contributed by atoms with Gasteiger partial charge in [0, 0.05) is 52.4 Å². The third kappa shape index (κ3) is 6.45. The van der Waals surface area contributed by atoms with Gasteiger partial charge in [0.25, 0.3) is 0 Å². The summed E-state index contributed by atoms with van der Waals surface area (Å²) in [5, 5.41) is 12.5. The number of carbonyl (C=O) groups is 1. The van der Waals surface area contributed by atoms with Gasteiger partial charge in [0.05, 0.1) is 6.10 Å². The second-order valence-corrected chi connectivity index (χ2v) is 7.55. The van der Waals surface area contributed by atoms with E-state index in [2.05, 4.69) is 15.1 Å². The molecule has 1 aromatic carbocycles. The highest BCUT2D eigenvalue weighted by atomic mass is 19.1. The maximum atomic E-state index is 13.0. The molecule has 0 bridgehead atoms. The van der Waals surface area contributed by atoms with Crippen LogP contribution in [0.5, 0.6) is 0 Å². The van der Waals surface area contributed by atoms with E-state index in [1.165, 1.54) is 12.1 Å². The number of benzene rings is 1. The van der Waals surface area contributed by atoms with Crippen molar-refractivity contribution in [2.45, 2.75) is 31.9 Å². The van der Waals surface area contributed by atoms with Crippen LogP contribution < -0.4 is 5.32 Å². The molecule has 2 saturated heterocycles. The molecule has 0 atom stereocenters. The molecule has 2 aliphatic rings. The van der Waals surface area contributed by atoms with Crippen LogP contribution in [0.4, 0.5) is 9.18 Å². The summed E-state index contributed by atoms with van der Waals surface area (Å²) >= 11 is 0. The first kappa shape index (κ1) is 20.0. The fraction of sp³-hybridized carbons (Fsp3) is 0.650. The van der Waals surface area contributed by atoms with Crippen molar-refractivity contribution in [2.24, 2.45) is 0 Å². The average molecular weight is 378 g/mol. The first-order valence-corrected chi connectivity index (χ1v) is 10.00. The van der Waals surface area contributed by atoms with Crippen molar-refractivity contribution >= 4 is 6.03 Å². The van der Waals surface area contributed by atoms with E-state index in [1.54, 1.807) is 0 Å². The molecule has 0 spiro atoms. The first-order valence-electron chi connectivity index (χ1n) is 10.00. The second kappa shape index (κ2) is 10.0. The summed E-state index contributed by atoms with van der Waals surface area (Å²) in [6.45, 7) is 7.46. The van der Waals surface area contributed by atoms with E-state index in [0.717, 1.165) is 77.2 Å². The van der Waals surface area contributed by atoms with E-state index in [-0.39, 0.29) is 18.0 Å². The Kier molecular flexibility index (Phi) is 7.43. The fourth-order valence-corrected chi connectivity index (χ4v) is 3.71. The molecule has 2 amide bonds. The van der Waals surface area contributed by atoms with Crippen molar-refractivity contribution in [1.82, 2.24) is 20.0 Å². The van der Waals surface area contributed by atoms with E-state index in [4.69, 9.17) is 0 Å². The Balaban J connectivity index is 1.28. The molecule has 1 aromatic rings. The maximum Gasteiger partial charge on any atom is 0.317 e. The van der Waals surface area contributed by atoms with Crippen molar-refractivity contribution in [2.75, 3.05) is 52.4 Å². The summed E-state index contributed by atoms with van der Waals surface area (Å²) in [5.74, 6) is -0.210. The molecule has 2 fully saturated rings. The summed E-state index contributed by atoms with van der Waals surface area (Å²) in [6.07, 6.45) is 2.51. The molecule has 2 heterocycles. The fourth-order valence-electron chi connectivity index (χ4n) is 3.71. The van der Waals surface area contributed by atoms with Gasteiger partial charge in [-0.2, -0.15) is 0 Å². The first-order chi connectivity index (χ1) is 13.1. The number of hydrogen-bond acceptors (Lipinski definition) is 4. The van der Waals surface area contributed by atoms with Crippen molar-refractivity contribution in [3.63, 3.8) is 0 Å². The molecular weight excluding hydrogens is 347 g/mol. The van der Waals surface area contributed by atoms with E-state index in [1.807, 2.05) is 17.0 Å². The number of piperidine rings is 1. The minimum atomic E-state index is -0.210. The number of carbonyl (C=O) groups excluding carboxylic acids is 1. The molecule has 0 aliphatic carbocycles. The summed E-state index contributed by atoms with van der Waals surface area (Å²) in [6, 6.07) is 6.64. The molecule has 6 nitrogen and oxygen atoms in total. The Morgan fingerprint density at radius 1 is 1.04 bits per heavy atom. The largest absolute Gasteiger partial charge is 0.393 e. The van der Waals surface area contributed by atoms with Gasteiger partial charge in [0.2, 0.25) is 0 Å². The number of nitrogens with zero attached hydrogens (tertiary/aromatic N) is 3. The Labute approximate surface area is 160 Å². The normalized spacial score (nSPS) is 20.0. The lowest BCUT2D eigenvalue weighted by atomic mass is 10.1.